The Balaban J connectivity index is 2.13. The molecule has 3 heteroatoms. The Bertz CT molecular complexity index is 472. The van der Waals surface area contributed by atoms with Crippen LogP contribution in [0.25, 0.3) is 0 Å². The van der Waals surface area contributed by atoms with Crippen molar-refractivity contribution in [3.63, 3.8) is 0 Å². The van der Waals surface area contributed by atoms with Gasteiger partial charge in [-0.25, -0.2) is 4.39 Å². The van der Waals surface area contributed by atoms with Crippen molar-refractivity contribution in [2.75, 3.05) is 13.1 Å². The van der Waals surface area contributed by atoms with E-state index in [1.54, 1.807) is 6.07 Å². The van der Waals surface area contributed by atoms with E-state index in [2.05, 4.69) is 26.1 Å². The summed E-state index contributed by atoms with van der Waals surface area (Å²) in [6.45, 7) is 8.90. The van der Waals surface area contributed by atoms with Crippen molar-refractivity contribution in [3.05, 3.63) is 34.6 Å². The fourth-order valence-electron chi connectivity index (χ4n) is 3.62. The molecule has 2 unspecified atom stereocenters. The Morgan fingerprint density at radius 2 is 2.10 bits per heavy atom. The zero-order chi connectivity index (χ0) is 15.5. The number of hydrogen-bond donors (Lipinski definition) is 1. The largest absolute Gasteiger partial charge is 0.317 e. The Kier molecular flexibility index (Phi) is 5.67. The van der Waals surface area contributed by atoms with Crippen molar-refractivity contribution in [1.82, 2.24) is 5.32 Å². The smallest absolute Gasteiger partial charge is 0.142 e. The summed E-state index contributed by atoms with van der Waals surface area (Å²) in [5, 5.41) is 3.79. The summed E-state index contributed by atoms with van der Waals surface area (Å²) in [6.07, 6.45) is 4.60. The van der Waals surface area contributed by atoms with Crippen molar-refractivity contribution < 1.29 is 4.39 Å². The number of nitrogens with one attached hydrogen (secondary N) is 1. The first-order chi connectivity index (χ1) is 9.93. The Hall–Kier alpha value is -0.600. The summed E-state index contributed by atoms with van der Waals surface area (Å²) in [4.78, 5) is 0. The molecule has 0 saturated heterocycles. The van der Waals surface area contributed by atoms with E-state index >= 15 is 0 Å². The van der Waals surface area contributed by atoms with Gasteiger partial charge in [0, 0.05) is 0 Å². The van der Waals surface area contributed by atoms with E-state index in [-0.39, 0.29) is 5.82 Å². The van der Waals surface area contributed by atoms with Gasteiger partial charge in [-0.05, 0) is 67.7 Å². The second-order valence-electron chi connectivity index (χ2n) is 7.15. The van der Waals surface area contributed by atoms with Crippen LogP contribution in [0.4, 0.5) is 4.39 Å². The van der Waals surface area contributed by atoms with Gasteiger partial charge in [0.05, 0.1) is 5.02 Å². The first kappa shape index (κ1) is 16.8. The van der Waals surface area contributed by atoms with Gasteiger partial charge in [0.2, 0.25) is 0 Å². The minimum absolute atomic E-state index is 0.299. The summed E-state index contributed by atoms with van der Waals surface area (Å²) in [6, 6.07) is 5.17. The second-order valence-corrected chi connectivity index (χ2v) is 7.53. The molecule has 1 aliphatic carbocycles. The average molecular weight is 312 g/mol. The van der Waals surface area contributed by atoms with Gasteiger partial charge in [-0.3, -0.25) is 0 Å². The fourth-order valence-corrected chi connectivity index (χ4v) is 3.82. The molecule has 1 aromatic carbocycles. The molecule has 1 fully saturated rings. The predicted molar refractivity (Wildman–Crippen MR) is 88.3 cm³/mol. The topological polar surface area (TPSA) is 12.0 Å². The maximum Gasteiger partial charge on any atom is 0.142 e. The van der Waals surface area contributed by atoms with E-state index in [1.165, 1.54) is 25.3 Å². The molecule has 0 heterocycles. The lowest BCUT2D eigenvalue weighted by atomic mass is 9.65. The standard InChI is InChI=1S/C18H27ClFN/c1-4-21-12-14-8-9-18(2,3)11-15(14)10-13-6-5-7-16(20)17(13)19/h5-7,14-15,21H,4,8-12H2,1-3H3. The second kappa shape index (κ2) is 7.11. The van der Waals surface area contributed by atoms with Crippen LogP contribution in [0.3, 0.4) is 0 Å². The van der Waals surface area contributed by atoms with Crippen molar-refractivity contribution >= 4 is 11.6 Å². The molecule has 21 heavy (non-hydrogen) atoms. The van der Waals surface area contributed by atoms with Crippen LogP contribution in [0.2, 0.25) is 5.02 Å². The third-order valence-electron chi connectivity index (χ3n) is 4.84. The molecule has 0 radical (unpaired) electrons. The van der Waals surface area contributed by atoms with Gasteiger partial charge < -0.3 is 5.32 Å². The van der Waals surface area contributed by atoms with Gasteiger partial charge >= 0.3 is 0 Å². The molecule has 1 aliphatic rings. The zero-order valence-corrected chi connectivity index (χ0v) is 14.1. The highest BCUT2D eigenvalue weighted by Crippen LogP contribution is 2.43. The van der Waals surface area contributed by atoms with Gasteiger partial charge in [-0.1, -0.05) is 44.5 Å². The third kappa shape index (κ3) is 4.43. The van der Waals surface area contributed by atoms with Crippen LogP contribution in [0, 0.1) is 23.1 Å². The first-order valence-electron chi connectivity index (χ1n) is 8.06. The molecule has 0 aromatic heterocycles. The molecule has 118 valence electrons. The molecule has 0 aliphatic heterocycles. The van der Waals surface area contributed by atoms with Gasteiger partial charge in [-0.15, -0.1) is 0 Å². The Morgan fingerprint density at radius 3 is 2.81 bits per heavy atom. The average Bonchev–Trinajstić information content (AvgIpc) is 2.42. The van der Waals surface area contributed by atoms with E-state index in [9.17, 15) is 4.39 Å². The first-order valence-corrected chi connectivity index (χ1v) is 8.44. The molecule has 0 bridgehead atoms. The maximum atomic E-state index is 13.6. The van der Waals surface area contributed by atoms with Crippen molar-refractivity contribution in [2.45, 2.75) is 46.5 Å². The van der Waals surface area contributed by atoms with Crippen molar-refractivity contribution in [2.24, 2.45) is 17.3 Å². The van der Waals surface area contributed by atoms with Crippen LogP contribution in [-0.4, -0.2) is 13.1 Å². The normalized spacial score (nSPS) is 25.0. The molecule has 0 spiro atoms. The molecule has 0 amide bonds. The molecule has 1 saturated carbocycles. The molecular formula is C18H27ClFN. The number of benzene rings is 1. The lowest BCUT2D eigenvalue weighted by molar-refractivity contribution is 0.116. The Labute approximate surface area is 133 Å². The number of hydrogen-bond acceptors (Lipinski definition) is 1. The quantitative estimate of drug-likeness (QED) is 0.800. The fraction of sp³-hybridized carbons (Fsp3) is 0.667. The number of halogens is 2. The molecular weight excluding hydrogens is 285 g/mol. The van der Waals surface area contributed by atoms with E-state index in [1.807, 2.05) is 6.07 Å². The van der Waals surface area contributed by atoms with Crippen LogP contribution >= 0.6 is 11.6 Å². The summed E-state index contributed by atoms with van der Waals surface area (Å²) < 4.78 is 13.6. The van der Waals surface area contributed by atoms with Crippen LogP contribution in [0.15, 0.2) is 18.2 Å². The lowest BCUT2D eigenvalue weighted by Gasteiger charge is -2.41. The molecule has 1 aromatic rings. The van der Waals surface area contributed by atoms with Crippen molar-refractivity contribution in [1.29, 1.82) is 0 Å². The third-order valence-corrected chi connectivity index (χ3v) is 5.27. The van der Waals surface area contributed by atoms with Crippen LogP contribution in [-0.2, 0) is 6.42 Å². The van der Waals surface area contributed by atoms with E-state index in [4.69, 9.17) is 11.6 Å². The summed E-state index contributed by atoms with van der Waals surface area (Å²) >= 11 is 6.14. The minimum Gasteiger partial charge on any atom is -0.317 e. The van der Waals surface area contributed by atoms with E-state index in [0.717, 1.165) is 25.1 Å². The van der Waals surface area contributed by atoms with Crippen LogP contribution in [0.1, 0.15) is 45.6 Å². The summed E-state index contributed by atoms with van der Waals surface area (Å²) in [5.41, 5.74) is 1.34. The van der Waals surface area contributed by atoms with Gasteiger partial charge in [0.1, 0.15) is 5.82 Å². The maximum absolute atomic E-state index is 13.6. The summed E-state index contributed by atoms with van der Waals surface area (Å²) in [5.74, 6) is 0.942. The molecule has 1 nitrogen and oxygen atoms in total. The number of rotatable bonds is 5. The monoisotopic (exact) mass is 311 g/mol. The molecule has 2 rings (SSSR count). The van der Waals surface area contributed by atoms with Crippen LogP contribution < -0.4 is 5.32 Å². The SMILES string of the molecule is CCNCC1CCC(C)(C)CC1Cc1cccc(F)c1Cl. The van der Waals surface area contributed by atoms with Crippen LogP contribution in [0.5, 0.6) is 0 Å². The van der Waals surface area contributed by atoms with Crippen molar-refractivity contribution in [3.8, 4) is 0 Å². The Morgan fingerprint density at radius 1 is 1.33 bits per heavy atom. The van der Waals surface area contributed by atoms with Gasteiger partial charge in [0.25, 0.3) is 0 Å². The molecule has 2 atom stereocenters. The van der Waals surface area contributed by atoms with E-state index in [0.29, 0.717) is 22.3 Å². The minimum atomic E-state index is -0.299. The highest BCUT2D eigenvalue weighted by atomic mass is 35.5. The molecule has 1 N–H and O–H groups in total. The van der Waals surface area contributed by atoms with Gasteiger partial charge in [0.15, 0.2) is 0 Å². The van der Waals surface area contributed by atoms with Gasteiger partial charge in [-0.2, -0.15) is 0 Å². The zero-order valence-electron chi connectivity index (χ0n) is 13.4. The van der Waals surface area contributed by atoms with E-state index < -0.39 is 0 Å². The highest BCUT2D eigenvalue weighted by Gasteiger charge is 2.34. The lowest BCUT2D eigenvalue weighted by Crippen LogP contribution is -2.37. The summed E-state index contributed by atoms with van der Waals surface area (Å²) in [7, 11) is 0. The predicted octanol–water partition coefficient (Wildman–Crippen LogP) is 5.07. The highest BCUT2D eigenvalue weighted by molar-refractivity contribution is 6.31.